The molecule has 2 amide bonds. The average molecular weight is 445 g/mol. The highest BCUT2D eigenvalue weighted by Gasteiger charge is 2.55. The molecule has 2 aliphatic rings. The van der Waals surface area contributed by atoms with Crippen molar-refractivity contribution in [3.63, 3.8) is 0 Å². The largest absolute Gasteiger partial charge is 0.337 e. The molecule has 12 heteroatoms. The minimum Gasteiger partial charge on any atom is -0.337 e. The Morgan fingerprint density at radius 3 is 2.68 bits per heavy atom. The molecule has 0 aliphatic carbocycles. The lowest BCUT2D eigenvalue weighted by atomic mass is 10.1. The quantitative estimate of drug-likeness (QED) is 0.572. The summed E-state index contributed by atoms with van der Waals surface area (Å²) in [6.07, 6.45) is 0. The van der Waals surface area contributed by atoms with Crippen molar-refractivity contribution in [1.29, 1.82) is 0 Å². The summed E-state index contributed by atoms with van der Waals surface area (Å²) in [6, 6.07) is 7.48. The smallest absolute Gasteiger partial charge is 0.263 e. The van der Waals surface area contributed by atoms with Gasteiger partial charge in [-0.15, -0.1) is 0 Å². The zero-order valence-electron chi connectivity index (χ0n) is 15.4. The fourth-order valence-corrected chi connectivity index (χ4v) is 3.63. The second kappa shape index (κ2) is 7.20. The molecule has 0 N–H and O–H groups in total. The highest BCUT2D eigenvalue weighted by atomic mass is 35.5. The predicted molar refractivity (Wildman–Crippen MR) is 102 cm³/mol. The molecule has 2 unspecified atom stereocenters. The Labute approximate surface area is 177 Å². The molecule has 0 radical (unpaired) electrons. The minimum absolute atomic E-state index is 0.0805. The number of amides is 2. The number of nitrogens with zero attached hydrogens (tertiary/aromatic N) is 6. The van der Waals surface area contributed by atoms with Crippen LogP contribution in [0.5, 0.6) is 0 Å². The van der Waals surface area contributed by atoms with Crippen LogP contribution in [0.15, 0.2) is 57.3 Å². The molecule has 31 heavy (non-hydrogen) atoms. The van der Waals surface area contributed by atoms with Gasteiger partial charge in [0.15, 0.2) is 23.7 Å². The summed E-state index contributed by atoms with van der Waals surface area (Å²) in [5.74, 6) is -3.18. The number of fused-ring (bicyclic) bond motifs is 1. The number of imide groups is 1. The summed E-state index contributed by atoms with van der Waals surface area (Å²) in [4.78, 5) is 30.6. The topological polar surface area (TPSA) is 104 Å². The molecule has 9 nitrogen and oxygen atoms in total. The molecule has 2 aromatic carbocycles. The molecule has 3 heterocycles. The number of carbonyl (C=O) groups is 2. The maximum atomic E-state index is 13.6. The number of benzene rings is 2. The molecule has 156 valence electrons. The van der Waals surface area contributed by atoms with E-state index in [9.17, 15) is 18.4 Å². The molecular weight excluding hydrogens is 434 g/mol. The molecule has 5 rings (SSSR count). The maximum absolute atomic E-state index is 13.6. The van der Waals surface area contributed by atoms with Gasteiger partial charge in [0.25, 0.3) is 11.8 Å². The Morgan fingerprint density at radius 1 is 1.06 bits per heavy atom. The van der Waals surface area contributed by atoms with Gasteiger partial charge in [0.2, 0.25) is 11.7 Å². The van der Waals surface area contributed by atoms with Crippen molar-refractivity contribution < 1.29 is 22.9 Å². The van der Waals surface area contributed by atoms with E-state index >= 15 is 0 Å². The van der Waals surface area contributed by atoms with Crippen LogP contribution in [0.2, 0.25) is 5.02 Å². The number of aromatic nitrogens is 2. The standard InChI is InChI=1S/C19H11ClF2N6O3/c20-10-3-1-2-9(6-10)17-23-14(31-25-17)8-27-16-15(24-26-27)18(29)28(19(16)30)11-4-5-12(21)13(22)7-11/h1-7,15-16H,8H2. The maximum Gasteiger partial charge on any atom is 0.263 e. The van der Waals surface area contributed by atoms with E-state index in [1.54, 1.807) is 24.3 Å². The monoisotopic (exact) mass is 444 g/mol. The number of hydrogen-bond donors (Lipinski definition) is 0. The Bertz CT molecular complexity index is 1250. The van der Waals surface area contributed by atoms with E-state index in [0.29, 0.717) is 16.4 Å². The van der Waals surface area contributed by atoms with Crippen LogP contribution in [0.3, 0.4) is 0 Å². The number of carbonyl (C=O) groups excluding carboxylic acids is 2. The number of rotatable bonds is 4. The Hall–Kier alpha value is -3.73. The van der Waals surface area contributed by atoms with E-state index in [-0.39, 0.29) is 18.1 Å². The van der Waals surface area contributed by atoms with Gasteiger partial charge >= 0.3 is 0 Å². The van der Waals surface area contributed by atoms with Crippen LogP contribution in [-0.4, -0.2) is 39.0 Å². The van der Waals surface area contributed by atoms with Gasteiger partial charge < -0.3 is 4.52 Å². The molecule has 1 aromatic heterocycles. The second-order valence-corrected chi connectivity index (χ2v) is 7.26. The van der Waals surface area contributed by atoms with Gasteiger partial charge in [-0.25, -0.2) is 13.7 Å². The first-order chi connectivity index (χ1) is 14.9. The molecule has 2 aliphatic heterocycles. The first-order valence-electron chi connectivity index (χ1n) is 9.01. The predicted octanol–water partition coefficient (Wildman–Crippen LogP) is 3.16. The third kappa shape index (κ3) is 3.22. The Balaban J connectivity index is 1.37. The SMILES string of the molecule is O=C1C2N=NN(Cc3nc(-c4cccc(Cl)c4)no3)C2C(=O)N1c1ccc(F)c(F)c1. The number of halogens is 3. The summed E-state index contributed by atoms with van der Waals surface area (Å²) in [7, 11) is 0. The fraction of sp³-hybridized carbons (Fsp3) is 0.158. The zero-order valence-corrected chi connectivity index (χ0v) is 16.2. The van der Waals surface area contributed by atoms with Crippen LogP contribution in [-0.2, 0) is 16.1 Å². The van der Waals surface area contributed by atoms with Crippen LogP contribution >= 0.6 is 11.6 Å². The van der Waals surface area contributed by atoms with E-state index in [4.69, 9.17) is 16.1 Å². The van der Waals surface area contributed by atoms with Crippen molar-refractivity contribution in [2.75, 3.05) is 4.90 Å². The first-order valence-corrected chi connectivity index (χ1v) is 9.39. The molecule has 0 saturated carbocycles. The summed E-state index contributed by atoms with van der Waals surface area (Å²) in [5, 5.41) is 13.4. The highest BCUT2D eigenvalue weighted by Crippen LogP contribution is 2.33. The molecular formula is C19H11ClF2N6O3. The van der Waals surface area contributed by atoms with E-state index in [1.165, 1.54) is 5.01 Å². The fourth-order valence-electron chi connectivity index (χ4n) is 3.43. The van der Waals surface area contributed by atoms with Crippen molar-refractivity contribution in [3.05, 3.63) is 65.0 Å². The van der Waals surface area contributed by atoms with Crippen molar-refractivity contribution in [2.24, 2.45) is 10.3 Å². The van der Waals surface area contributed by atoms with Crippen molar-refractivity contribution >= 4 is 29.1 Å². The van der Waals surface area contributed by atoms with Crippen LogP contribution < -0.4 is 4.90 Å². The van der Waals surface area contributed by atoms with Crippen LogP contribution in [0, 0.1) is 11.6 Å². The summed E-state index contributed by atoms with van der Waals surface area (Å²) < 4.78 is 32.0. The second-order valence-electron chi connectivity index (χ2n) is 6.82. The van der Waals surface area contributed by atoms with Crippen LogP contribution in [0.1, 0.15) is 5.89 Å². The third-order valence-electron chi connectivity index (χ3n) is 4.87. The lowest BCUT2D eigenvalue weighted by molar-refractivity contribution is -0.123. The van der Waals surface area contributed by atoms with Gasteiger partial charge in [-0.3, -0.25) is 14.6 Å². The Morgan fingerprint density at radius 2 is 1.90 bits per heavy atom. The van der Waals surface area contributed by atoms with Gasteiger partial charge in [-0.2, -0.15) is 10.1 Å². The van der Waals surface area contributed by atoms with Crippen molar-refractivity contribution in [1.82, 2.24) is 15.1 Å². The van der Waals surface area contributed by atoms with E-state index in [2.05, 4.69) is 20.5 Å². The minimum atomic E-state index is -1.17. The number of anilines is 1. The van der Waals surface area contributed by atoms with Crippen LogP contribution in [0.25, 0.3) is 11.4 Å². The van der Waals surface area contributed by atoms with Crippen molar-refractivity contribution in [3.8, 4) is 11.4 Å². The first kappa shape index (κ1) is 19.2. The zero-order chi connectivity index (χ0) is 21.7. The lowest BCUT2D eigenvalue weighted by Gasteiger charge is -2.19. The summed E-state index contributed by atoms with van der Waals surface area (Å²) in [5.41, 5.74) is 0.555. The van der Waals surface area contributed by atoms with Gasteiger partial charge in [0, 0.05) is 16.7 Å². The molecule has 3 aromatic rings. The van der Waals surface area contributed by atoms with Crippen molar-refractivity contribution in [2.45, 2.75) is 18.6 Å². The number of hydrogen-bond acceptors (Lipinski definition) is 8. The normalized spacial score (nSPS) is 20.1. The third-order valence-corrected chi connectivity index (χ3v) is 5.10. The van der Waals surface area contributed by atoms with Gasteiger partial charge in [-0.1, -0.05) is 34.1 Å². The van der Waals surface area contributed by atoms with E-state index in [1.807, 2.05) is 0 Å². The molecule has 2 atom stereocenters. The van der Waals surface area contributed by atoms with Gasteiger partial charge in [0.1, 0.15) is 6.54 Å². The molecule has 0 bridgehead atoms. The lowest BCUT2D eigenvalue weighted by Crippen LogP contribution is -2.39. The van der Waals surface area contributed by atoms with Crippen LogP contribution in [0.4, 0.5) is 14.5 Å². The van der Waals surface area contributed by atoms with E-state index in [0.717, 1.165) is 23.1 Å². The van der Waals surface area contributed by atoms with E-state index < -0.39 is 35.5 Å². The highest BCUT2D eigenvalue weighted by molar-refractivity contribution is 6.30. The molecule has 1 saturated heterocycles. The molecule has 1 fully saturated rings. The summed E-state index contributed by atoms with van der Waals surface area (Å²) in [6.45, 7) is -0.0805. The Kier molecular flexibility index (Phi) is 4.47. The summed E-state index contributed by atoms with van der Waals surface area (Å²) >= 11 is 5.97. The average Bonchev–Trinajstić information content (AvgIpc) is 3.43. The van der Waals surface area contributed by atoms with Gasteiger partial charge in [0.05, 0.1) is 5.69 Å². The van der Waals surface area contributed by atoms with Gasteiger partial charge in [-0.05, 0) is 24.3 Å². The molecule has 0 spiro atoms.